The smallest absolute Gasteiger partial charge is 0.407 e. The summed E-state index contributed by atoms with van der Waals surface area (Å²) in [5.74, 6) is -0.394. The van der Waals surface area contributed by atoms with E-state index in [-0.39, 0.29) is 13.2 Å². The van der Waals surface area contributed by atoms with Crippen molar-refractivity contribution in [3.8, 4) is 0 Å². The number of carbonyl (C=O) groups is 1. The number of carbonyl (C=O) groups excluding carboxylic acids is 1. The van der Waals surface area contributed by atoms with Crippen LogP contribution in [-0.4, -0.2) is 43.7 Å². The van der Waals surface area contributed by atoms with Crippen LogP contribution in [0.25, 0.3) is 0 Å². The Balaban J connectivity index is 2.93. The fourth-order valence-corrected chi connectivity index (χ4v) is 2.70. The van der Waals surface area contributed by atoms with Crippen LogP contribution in [0.5, 0.6) is 0 Å². The van der Waals surface area contributed by atoms with E-state index in [9.17, 15) is 14.3 Å². The molecule has 1 atom stereocenters. The largest absolute Gasteiger partial charge is 0.444 e. The normalized spacial score (nSPS) is 14.0. The van der Waals surface area contributed by atoms with Gasteiger partial charge in [-0.05, 0) is 45.2 Å². The van der Waals surface area contributed by atoms with Crippen molar-refractivity contribution in [2.24, 2.45) is 0 Å². The van der Waals surface area contributed by atoms with Gasteiger partial charge in [-0.25, -0.2) is 9.18 Å². The number of unbranched alkanes of at least 4 members (excludes halogenated alkanes) is 1. The molecule has 0 radical (unpaired) electrons. The average molecular weight is 355 g/mol. The van der Waals surface area contributed by atoms with Crippen LogP contribution in [0.2, 0.25) is 0 Å². The minimum absolute atomic E-state index is 0.0896. The number of methoxy groups -OCH3 is 1. The zero-order chi connectivity index (χ0) is 18.9. The average Bonchev–Trinajstić information content (AvgIpc) is 2.54. The second kappa shape index (κ2) is 9.73. The molecule has 0 heterocycles. The van der Waals surface area contributed by atoms with E-state index in [1.165, 1.54) is 6.07 Å². The Labute approximate surface area is 149 Å². The van der Waals surface area contributed by atoms with Gasteiger partial charge in [0.2, 0.25) is 0 Å². The Hall–Kier alpha value is -1.66. The van der Waals surface area contributed by atoms with E-state index < -0.39 is 22.9 Å². The highest BCUT2D eigenvalue weighted by atomic mass is 19.1. The Morgan fingerprint density at radius 2 is 1.92 bits per heavy atom. The fourth-order valence-electron chi connectivity index (χ4n) is 2.70. The van der Waals surface area contributed by atoms with Gasteiger partial charge in [-0.2, -0.15) is 0 Å². The molecule has 0 saturated carbocycles. The van der Waals surface area contributed by atoms with Crippen LogP contribution >= 0.6 is 0 Å². The maximum Gasteiger partial charge on any atom is 0.407 e. The second-order valence-corrected chi connectivity index (χ2v) is 7.22. The molecule has 1 amide bonds. The molecule has 1 unspecified atom stereocenters. The van der Waals surface area contributed by atoms with Crippen molar-refractivity contribution in [1.29, 1.82) is 0 Å². The number of ether oxygens (including phenoxy) is 2. The number of hydrogen-bond acceptors (Lipinski definition) is 4. The summed E-state index contributed by atoms with van der Waals surface area (Å²) in [6.45, 7) is 5.72. The number of benzene rings is 1. The summed E-state index contributed by atoms with van der Waals surface area (Å²) in [6, 6.07) is 6.35. The Bertz CT molecular complexity index is 544. The quantitative estimate of drug-likeness (QED) is 0.666. The van der Waals surface area contributed by atoms with Crippen LogP contribution < -0.4 is 5.32 Å². The van der Waals surface area contributed by atoms with Crippen molar-refractivity contribution < 1.29 is 23.8 Å². The van der Waals surface area contributed by atoms with Crippen molar-refractivity contribution in [3.63, 3.8) is 0 Å². The standard InChI is InChI=1S/C19H30FNO4/c1-18(2,3)25-17(23)21-13-19(14-22,11-7-8-12-24-4)15-9-5-6-10-16(15)20/h5-6,9-10,22H,7-8,11-14H2,1-4H3,(H,21,23). The summed E-state index contributed by atoms with van der Waals surface area (Å²) < 4.78 is 24.7. The first-order valence-electron chi connectivity index (χ1n) is 8.56. The summed E-state index contributed by atoms with van der Waals surface area (Å²) in [7, 11) is 1.63. The van der Waals surface area contributed by atoms with Gasteiger partial charge in [0.1, 0.15) is 11.4 Å². The van der Waals surface area contributed by atoms with E-state index in [4.69, 9.17) is 9.47 Å². The lowest BCUT2D eigenvalue weighted by atomic mass is 9.76. The molecule has 0 fully saturated rings. The summed E-state index contributed by atoms with van der Waals surface area (Å²) in [5.41, 5.74) is -1.13. The second-order valence-electron chi connectivity index (χ2n) is 7.22. The molecule has 1 aromatic rings. The maximum atomic E-state index is 14.4. The first kappa shape index (κ1) is 21.4. The van der Waals surface area contributed by atoms with Crippen molar-refractivity contribution >= 4 is 6.09 Å². The molecule has 25 heavy (non-hydrogen) atoms. The number of aliphatic hydroxyl groups is 1. The Morgan fingerprint density at radius 3 is 2.48 bits per heavy atom. The molecule has 5 nitrogen and oxygen atoms in total. The molecule has 0 bridgehead atoms. The van der Waals surface area contributed by atoms with E-state index in [1.54, 1.807) is 46.1 Å². The molecule has 1 rings (SSSR count). The lowest BCUT2D eigenvalue weighted by Gasteiger charge is -2.33. The molecule has 0 aliphatic rings. The number of rotatable bonds is 9. The summed E-state index contributed by atoms with van der Waals surface area (Å²) in [5, 5.41) is 12.7. The van der Waals surface area contributed by atoms with Gasteiger partial charge in [-0.1, -0.05) is 24.6 Å². The van der Waals surface area contributed by atoms with E-state index >= 15 is 0 Å². The van der Waals surface area contributed by atoms with Crippen LogP contribution in [0, 0.1) is 5.82 Å². The van der Waals surface area contributed by atoms with Crippen molar-refractivity contribution in [1.82, 2.24) is 5.32 Å². The summed E-state index contributed by atoms with van der Waals surface area (Å²) in [6.07, 6.45) is 1.46. The van der Waals surface area contributed by atoms with Gasteiger partial charge in [0.15, 0.2) is 0 Å². The highest BCUT2D eigenvalue weighted by Crippen LogP contribution is 2.31. The zero-order valence-electron chi connectivity index (χ0n) is 15.6. The molecule has 2 N–H and O–H groups in total. The molecular formula is C19H30FNO4. The minimum atomic E-state index is -0.907. The number of hydrogen-bond donors (Lipinski definition) is 2. The molecule has 0 spiro atoms. The lowest BCUT2D eigenvalue weighted by Crippen LogP contribution is -2.45. The molecule has 1 aromatic carbocycles. The van der Waals surface area contributed by atoms with Crippen molar-refractivity contribution in [2.75, 3.05) is 26.9 Å². The monoisotopic (exact) mass is 355 g/mol. The molecule has 0 aromatic heterocycles. The number of halogens is 1. The Morgan fingerprint density at radius 1 is 1.24 bits per heavy atom. The predicted octanol–water partition coefficient (Wildman–Crippen LogP) is 3.40. The lowest BCUT2D eigenvalue weighted by molar-refractivity contribution is 0.0498. The minimum Gasteiger partial charge on any atom is -0.444 e. The third-order valence-electron chi connectivity index (χ3n) is 3.97. The first-order valence-corrected chi connectivity index (χ1v) is 8.56. The third kappa shape index (κ3) is 7.00. The molecule has 142 valence electrons. The van der Waals surface area contributed by atoms with E-state index in [2.05, 4.69) is 5.32 Å². The van der Waals surface area contributed by atoms with E-state index in [0.29, 0.717) is 18.6 Å². The van der Waals surface area contributed by atoms with Crippen LogP contribution in [0.15, 0.2) is 24.3 Å². The number of nitrogens with one attached hydrogen (secondary N) is 1. The van der Waals surface area contributed by atoms with E-state index in [1.807, 2.05) is 0 Å². The van der Waals surface area contributed by atoms with Crippen LogP contribution in [0.1, 0.15) is 45.6 Å². The molecule has 0 saturated heterocycles. The van der Waals surface area contributed by atoms with Gasteiger partial charge in [0.05, 0.1) is 6.61 Å². The predicted molar refractivity (Wildman–Crippen MR) is 95.1 cm³/mol. The molecule has 0 aliphatic heterocycles. The highest BCUT2D eigenvalue weighted by molar-refractivity contribution is 5.67. The van der Waals surface area contributed by atoms with Crippen LogP contribution in [-0.2, 0) is 14.9 Å². The first-order chi connectivity index (χ1) is 11.7. The third-order valence-corrected chi connectivity index (χ3v) is 3.97. The van der Waals surface area contributed by atoms with Crippen molar-refractivity contribution in [3.05, 3.63) is 35.6 Å². The highest BCUT2D eigenvalue weighted by Gasteiger charge is 2.34. The van der Waals surface area contributed by atoms with Gasteiger partial charge >= 0.3 is 6.09 Å². The number of amides is 1. The number of alkyl carbamates (subject to hydrolysis) is 1. The summed E-state index contributed by atoms with van der Waals surface area (Å²) in [4.78, 5) is 12.0. The molecule has 6 heteroatoms. The van der Waals surface area contributed by atoms with Gasteiger partial charge < -0.3 is 19.9 Å². The topological polar surface area (TPSA) is 67.8 Å². The van der Waals surface area contributed by atoms with Gasteiger partial charge in [-0.3, -0.25) is 0 Å². The van der Waals surface area contributed by atoms with Crippen molar-refractivity contribution in [2.45, 2.75) is 51.0 Å². The maximum absolute atomic E-state index is 14.4. The van der Waals surface area contributed by atoms with E-state index in [0.717, 1.165) is 12.8 Å². The SMILES string of the molecule is COCCCCC(CO)(CNC(=O)OC(C)(C)C)c1ccccc1F. The van der Waals surface area contributed by atoms with Gasteiger partial charge in [-0.15, -0.1) is 0 Å². The fraction of sp³-hybridized carbons (Fsp3) is 0.632. The molecule has 0 aliphatic carbocycles. The van der Waals surface area contributed by atoms with Crippen LogP contribution in [0.4, 0.5) is 9.18 Å². The number of aliphatic hydroxyl groups excluding tert-OH is 1. The van der Waals surface area contributed by atoms with Gasteiger partial charge in [0.25, 0.3) is 0 Å². The zero-order valence-corrected chi connectivity index (χ0v) is 15.6. The van der Waals surface area contributed by atoms with Gasteiger partial charge in [0, 0.05) is 25.7 Å². The summed E-state index contributed by atoms with van der Waals surface area (Å²) >= 11 is 0. The molecular weight excluding hydrogens is 325 g/mol. The Kier molecular flexibility index (Phi) is 8.32. The van der Waals surface area contributed by atoms with Crippen LogP contribution in [0.3, 0.4) is 0 Å².